The molecule has 1 aliphatic rings. The standard InChI is InChI=1S/C23H22N4OS/c1-26-19-12-6-5-11-17(19)24-21(26)20-13-7-8-14-27(20)23(28)18-15-29-22(25-18)16-9-3-2-4-10-16/h2-6,9-12,15,20H,7-8,13-14H2,1H3. The molecular formula is C23H22N4OS. The quantitative estimate of drug-likeness (QED) is 0.481. The third-order valence-electron chi connectivity index (χ3n) is 5.63. The number of piperidine rings is 1. The van der Waals surface area contributed by atoms with Gasteiger partial charge >= 0.3 is 0 Å². The van der Waals surface area contributed by atoms with Crippen molar-refractivity contribution in [2.45, 2.75) is 25.3 Å². The maximum absolute atomic E-state index is 13.4. The zero-order chi connectivity index (χ0) is 19.8. The first kappa shape index (κ1) is 18.1. The minimum atomic E-state index is -0.0180. The van der Waals surface area contributed by atoms with Crippen molar-refractivity contribution in [3.63, 3.8) is 0 Å². The lowest BCUT2D eigenvalue weighted by Crippen LogP contribution is -2.39. The zero-order valence-corrected chi connectivity index (χ0v) is 17.1. The number of fused-ring (bicyclic) bond motifs is 1. The van der Waals surface area contributed by atoms with Crippen molar-refractivity contribution < 1.29 is 4.79 Å². The van der Waals surface area contributed by atoms with Crippen molar-refractivity contribution in [3.8, 4) is 10.6 Å². The highest BCUT2D eigenvalue weighted by molar-refractivity contribution is 7.13. The summed E-state index contributed by atoms with van der Waals surface area (Å²) in [5.74, 6) is 0.956. The van der Waals surface area contributed by atoms with E-state index in [1.54, 1.807) is 0 Å². The van der Waals surface area contributed by atoms with E-state index < -0.39 is 0 Å². The van der Waals surface area contributed by atoms with Crippen molar-refractivity contribution >= 4 is 28.3 Å². The third kappa shape index (κ3) is 3.23. The van der Waals surface area contributed by atoms with Crippen molar-refractivity contribution in [1.82, 2.24) is 19.4 Å². The third-order valence-corrected chi connectivity index (χ3v) is 6.52. The molecule has 146 valence electrons. The van der Waals surface area contributed by atoms with Gasteiger partial charge in [-0.3, -0.25) is 4.79 Å². The number of hydrogen-bond acceptors (Lipinski definition) is 4. The highest BCUT2D eigenvalue weighted by atomic mass is 32.1. The molecule has 1 aliphatic heterocycles. The Morgan fingerprint density at radius 2 is 1.83 bits per heavy atom. The molecule has 3 heterocycles. The normalized spacial score (nSPS) is 17.0. The molecule has 1 unspecified atom stereocenters. The summed E-state index contributed by atoms with van der Waals surface area (Å²) in [5.41, 5.74) is 3.64. The first-order valence-corrected chi connectivity index (χ1v) is 10.8. The number of carbonyl (C=O) groups excluding carboxylic acids is 1. The average Bonchev–Trinajstić information content (AvgIpc) is 3.40. The fourth-order valence-electron chi connectivity index (χ4n) is 4.14. The van der Waals surface area contributed by atoms with E-state index in [2.05, 4.69) is 15.6 Å². The molecule has 5 rings (SSSR count). The number of likely N-dealkylation sites (tertiary alicyclic amines) is 1. The monoisotopic (exact) mass is 402 g/mol. The highest BCUT2D eigenvalue weighted by Crippen LogP contribution is 2.34. The fraction of sp³-hybridized carbons (Fsp3) is 0.261. The maximum atomic E-state index is 13.4. The van der Waals surface area contributed by atoms with Gasteiger partial charge in [0, 0.05) is 24.5 Å². The van der Waals surface area contributed by atoms with Gasteiger partial charge in [0.1, 0.15) is 16.5 Å². The summed E-state index contributed by atoms with van der Waals surface area (Å²) in [6.07, 6.45) is 3.05. The summed E-state index contributed by atoms with van der Waals surface area (Å²) in [7, 11) is 2.04. The van der Waals surface area contributed by atoms with Gasteiger partial charge in [0.05, 0.1) is 17.1 Å². The summed E-state index contributed by atoms with van der Waals surface area (Å²) in [6, 6.07) is 18.1. The summed E-state index contributed by atoms with van der Waals surface area (Å²) in [4.78, 5) is 24.9. The molecule has 1 saturated heterocycles. The van der Waals surface area contributed by atoms with Crippen LogP contribution < -0.4 is 0 Å². The SMILES string of the molecule is Cn1c(C2CCCCN2C(=O)c2csc(-c3ccccc3)n2)nc2ccccc21. The first-order valence-electron chi connectivity index (χ1n) is 9.95. The predicted molar refractivity (Wildman–Crippen MR) is 116 cm³/mol. The predicted octanol–water partition coefficient (Wildman–Crippen LogP) is 5.06. The number of para-hydroxylation sites is 2. The van der Waals surface area contributed by atoms with Crippen molar-refractivity contribution in [2.24, 2.45) is 7.05 Å². The second kappa shape index (κ2) is 7.44. The minimum Gasteiger partial charge on any atom is -0.329 e. The van der Waals surface area contributed by atoms with Crippen LogP contribution in [0.4, 0.5) is 0 Å². The molecule has 0 saturated carbocycles. The number of imidazole rings is 1. The molecule has 2 aromatic carbocycles. The molecule has 0 spiro atoms. The van der Waals surface area contributed by atoms with Crippen LogP contribution in [0.1, 0.15) is 41.6 Å². The van der Waals surface area contributed by atoms with Crippen LogP contribution in [0, 0.1) is 0 Å². The molecule has 6 heteroatoms. The van der Waals surface area contributed by atoms with Crippen molar-refractivity contribution in [2.75, 3.05) is 6.54 Å². The van der Waals surface area contributed by atoms with Crippen LogP contribution in [-0.2, 0) is 7.05 Å². The molecule has 0 aliphatic carbocycles. The zero-order valence-electron chi connectivity index (χ0n) is 16.3. The summed E-state index contributed by atoms with van der Waals surface area (Å²) < 4.78 is 2.13. The molecule has 1 atom stereocenters. The first-order chi connectivity index (χ1) is 14.2. The molecular weight excluding hydrogens is 380 g/mol. The van der Waals surface area contributed by atoms with Gasteiger partial charge in [0.15, 0.2) is 0 Å². The molecule has 0 bridgehead atoms. The molecule has 5 nitrogen and oxygen atoms in total. The van der Waals surface area contributed by atoms with E-state index in [1.807, 2.05) is 65.9 Å². The molecule has 29 heavy (non-hydrogen) atoms. The van der Waals surface area contributed by atoms with Gasteiger partial charge in [-0.1, -0.05) is 42.5 Å². The number of nitrogens with zero attached hydrogens (tertiary/aromatic N) is 4. The Morgan fingerprint density at radius 1 is 1.03 bits per heavy atom. The van der Waals surface area contributed by atoms with Gasteiger partial charge in [-0.25, -0.2) is 9.97 Å². The van der Waals surface area contributed by atoms with Crippen LogP contribution in [0.25, 0.3) is 21.6 Å². The van der Waals surface area contributed by atoms with Gasteiger partial charge in [-0.05, 0) is 31.4 Å². The lowest BCUT2D eigenvalue weighted by Gasteiger charge is -2.34. The van der Waals surface area contributed by atoms with Gasteiger partial charge < -0.3 is 9.47 Å². The van der Waals surface area contributed by atoms with Gasteiger partial charge in [-0.15, -0.1) is 11.3 Å². The Bertz CT molecular complexity index is 1160. The lowest BCUT2D eigenvalue weighted by atomic mass is 10.0. The van der Waals surface area contributed by atoms with E-state index in [0.717, 1.165) is 53.2 Å². The summed E-state index contributed by atoms with van der Waals surface area (Å²) in [6.45, 7) is 0.741. The Hall–Kier alpha value is -2.99. The van der Waals surface area contributed by atoms with E-state index in [0.29, 0.717) is 5.69 Å². The van der Waals surface area contributed by atoms with E-state index >= 15 is 0 Å². The lowest BCUT2D eigenvalue weighted by molar-refractivity contribution is 0.0592. The molecule has 0 N–H and O–H groups in total. The number of carbonyl (C=O) groups is 1. The van der Waals surface area contributed by atoms with Gasteiger partial charge in [0.25, 0.3) is 5.91 Å². The smallest absolute Gasteiger partial charge is 0.273 e. The number of benzene rings is 2. The van der Waals surface area contributed by atoms with E-state index in [-0.39, 0.29) is 11.9 Å². The number of amides is 1. The highest BCUT2D eigenvalue weighted by Gasteiger charge is 2.33. The largest absolute Gasteiger partial charge is 0.329 e. The van der Waals surface area contributed by atoms with Gasteiger partial charge in [0.2, 0.25) is 0 Å². The molecule has 1 amide bonds. The molecule has 4 aromatic rings. The van der Waals surface area contributed by atoms with E-state index in [1.165, 1.54) is 11.3 Å². The number of thiazole rings is 1. The molecule has 0 radical (unpaired) electrons. The number of rotatable bonds is 3. The van der Waals surface area contributed by atoms with Gasteiger partial charge in [-0.2, -0.15) is 0 Å². The van der Waals surface area contributed by atoms with Crippen LogP contribution in [0.3, 0.4) is 0 Å². The minimum absolute atomic E-state index is 0.000173. The Balaban J connectivity index is 1.48. The second-order valence-corrected chi connectivity index (χ2v) is 8.29. The Labute approximate surface area is 173 Å². The fourth-order valence-corrected chi connectivity index (χ4v) is 4.94. The Morgan fingerprint density at radius 3 is 2.66 bits per heavy atom. The molecule has 1 fully saturated rings. The van der Waals surface area contributed by atoms with E-state index in [9.17, 15) is 4.79 Å². The average molecular weight is 403 g/mol. The van der Waals surface area contributed by atoms with Crippen LogP contribution in [0.5, 0.6) is 0 Å². The summed E-state index contributed by atoms with van der Waals surface area (Å²) >= 11 is 1.52. The topological polar surface area (TPSA) is 51.0 Å². The van der Waals surface area contributed by atoms with Crippen LogP contribution in [-0.4, -0.2) is 31.9 Å². The number of aryl methyl sites for hydroxylation is 1. The molecule has 2 aromatic heterocycles. The van der Waals surface area contributed by atoms with Crippen LogP contribution >= 0.6 is 11.3 Å². The second-order valence-electron chi connectivity index (χ2n) is 7.43. The van der Waals surface area contributed by atoms with Crippen molar-refractivity contribution in [1.29, 1.82) is 0 Å². The van der Waals surface area contributed by atoms with Crippen molar-refractivity contribution in [3.05, 3.63) is 71.5 Å². The van der Waals surface area contributed by atoms with Crippen LogP contribution in [0.15, 0.2) is 60.0 Å². The number of aromatic nitrogens is 3. The number of hydrogen-bond donors (Lipinski definition) is 0. The Kier molecular flexibility index (Phi) is 4.64. The van der Waals surface area contributed by atoms with E-state index in [4.69, 9.17) is 4.98 Å². The summed E-state index contributed by atoms with van der Waals surface area (Å²) in [5, 5.41) is 2.76. The maximum Gasteiger partial charge on any atom is 0.273 e. The van der Waals surface area contributed by atoms with Crippen LogP contribution in [0.2, 0.25) is 0 Å².